The fourth-order valence-corrected chi connectivity index (χ4v) is 3.55. The molecule has 1 fully saturated rings. The monoisotopic (exact) mass is 428 g/mol. The van der Waals surface area contributed by atoms with Gasteiger partial charge in [0.2, 0.25) is 0 Å². The Balaban J connectivity index is 2.06. The summed E-state index contributed by atoms with van der Waals surface area (Å²) in [5.74, 6) is 1.27. The van der Waals surface area contributed by atoms with Crippen molar-refractivity contribution in [3.63, 3.8) is 0 Å². The number of rotatable bonds is 14. The number of unbranched alkanes of at least 4 members (excludes halogenated alkanes) is 5. The molecule has 0 N–H and O–H groups in total. The molecule has 0 heterocycles. The van der Waals surface area contributed by atoms with Gasteiger partial charge in [0.15, 0.2) is 0 Å². The van der Waals surface area contributed by atoms with Crippen molar-refractivity contribution in [2.45, 2.75) is 117 Å². The zero-order valence-corrected chi connectivity index (χ0v) is 19.7. The van der Waals surface area contributed by atoms with E-state index in [1.54, 1.807) is 0 Å². The summed E-state index contributed by atoms with van der Waals surface area (Å²) in [5, 5.41) is 0. The third kappa shape index (κ3) is 14.5. The van der Waals surface area contributed by atoms with Gasteiger partial charge in [0, 0.05) is 6.42 Å². The average Bonchev–Trinajstić information content (AvgIpc) is 2.66. The molecule has 1 saturated carbocycles. The first-order chi connectivity index (χ1) is 14.4. The Labute approximate surface area is 183 Å². The van der Waals surface area contributed by atoms with Crippen LogP contribution in [0, 0.1) is 11.8 Å². The molecular weight excluding hydrogens is 384 g/mol. The van der Waals surface area contributed by atoms with E-state index in [0.29, 0.717) is 25.6 Å². The number of hydrogen-bond donors (Lipinski definition) is 0. The Hall–Kier alpha value is -1.46. The zero-order valence-electron chi connectivity index (χ0n) is 19.7. The summed E-state index contributed by atoms with van der Waals surface area (Å²) in [6, 6.07) is 0. The van der Waals surface area contributed by atoms with Gasteiger partial charge in [0.1, 0.15) is 12.2 Å². The Bertz CT molecular complexity index is 463. The zero-order chi connectivity index (χ0) is 22.2. The van der Waals surface area contributed by atoms with E-state index in [9.17, 15) is 9.59 Å². The highest BCUT2D eigenvalue weighted by Gasteiger charge is 2.28. The van der Waals surface area contributed by atoms with Crippen molar-refractivity contribution in [1.82, 2.24) is 0 Å². The van der Waals surface area contributed by atoms with Crippen LogP contribution in [0.15, 0.2) is 0 Å². The SMILES string of the molecule is CC(C)CCCCCCCCOC(=O)OC1CCCC(OC(=O)OCCC(C)C)C1. The Morgan fingerprint density at radius 3 is 1.77 bits per heavy atom. The van der Waals surface area contributed by atoms with Gasteiger partial charge >= 0.3 is 12.3 Å². The van der Waals surface area contributed by atoms with E-state index in [1.807, 2.05) is 0 Å². The third-order valence-electron chi connectivity index (χ3n) is 5.41. The molecule has 0 aromatic heterocycles. The van der Waals surface area contributed by atoms with Crippen LogP contribution in [-0.4, -0.2) is 37.7 Å². The van der Waals surface area contributed by atoms with Gasteiger partial charge in [0.25, 0.3) is 0 Å². The molecule has 0 bridgehead atoms. The molecule has 1 aliphatic carbocycles. The Morgan fingerprint density at radius 1 is 0.700 bits per heavy atom. The summed E-state index contributed by atoms with van der Waals surface area (Å²) in [6.07, 6.45) is 10.2. The predicted octanol–water partition coefficient (Wildman–Crippen LogP) is 7.04. The van der Waals surface area contributed by atoms with Gasteiger partial charge in [0.05, 0.1) is 13.2 Å². The molecule has 176 valence electrons. The number of hydrogen-bond acceptors (Lipinski definition) is 6. The Kier molecular flexibility index (Phi) is 14.4. The summed E-state index contributed by atoms with van der Waals surface area (Å²) in [5.41, 5.74) is 0. The second-order valence-electron chi connectivity index (χ2n) is 9.33. The summed E-state index contributed by atoms with van der Waals surface area (Å²) in [4.78, 5) is 23.7. The predicted molar refractivity (Wildman–Crippen MR) is 118 cm³/mol. The molecular formula is C24H44O6. The number of carbonyl (C=O) groups is 2. The van der Waals surface area contributed by atoms with Crippen LogP contribution >= 0.6 is 0 Å². The van der Waals surface area contributed by atoms with Crippen LogP contribution in [0.25, 0.3) is 0 Å². The fourth-order valence-electron chi connectivity index (χ4n) is 3.55. The molecule has 0 aromatic rings. The van der Waals surface area contributed by atoms with E-state index < -0.39 is 12.3 Å². The fraction of sp³-hybridized carbons (Fsp3) is 0.917. The van der Waals surface area contributed by atoms with Crippen LogP contribution in [0.4, 0.5) is 9.59 Å². The second-order valence-corrected chi connectivity index (χ2v) is 9.33. The molecule has 30 heavy (non-hydrogen) atoms. The van der Waals surface area contributed by atoms with Gasteiger partial charge in [-0.25, -0.2) is 9.59 Å². The molecule has 0 spiro atoms. The van der Waals surface area contributed by atoms with Crippen molar-refractivity contribution in [3.8, 4) is 0 Å². The standard InChI is InChI=1S/C24H44O6/c1-19(2)12-9-7-5-6-8-10-16-27-23(25)29-21-13-11-14-22(18-21)30-24(26)28-17-15-20(3)4/h19-22H,5-18H2,1-4H3. The Morgan fingerprint density at radius 2 is 1.20 bits per heavy atom. The van der Waals surface area contributed by atoms with E-state index >= 15 is 0 Å². The molecule has 0 amide bonds. The lowest BCUT2D eigenvalue weighted by Gasteiger charge is -2.28. The smallest absolute Gasteiger partial charge is 0.434 e. The second kappa shape index (κ2) is 16.3. The highest BCUT2D eigenvalue weighted by atomic mass is 16.7. The molecule has 0 saturated heterocycles. The highest BCUT2D eigenvalue weighted by Crippen LogP contribution is 2.24. The van der Waals surface area contributed by atoms with E-state index in [1.165, 1.54) is 32.1 Å². The summed E-state index contributed by atoms with van der Waals surface area (Å²) in [6.45, 7) is 9.45. The lowest BCUT2D eigenvalue weighted by atomic mass is 9.95. The van der Waals surface area contributed by atoms with Crippen LogP contribution in [0.2, 0.25) is 0 Å². The summed E-state index contributed by atoms with van der Waals surface area (Å²) in [7, 11) is 0. The molecule has 6 nitrogen and oxygen atoms in total. The van der Waals surface area contributed by atoms with Crippen molar-refractivity contribution in [1.29, 1.82) is 0 Å². The van der Waals surface area contributed by atoms with Crippen molar-refractivity contribution >= 4 is 12.3 Å². The normalized spacial score (nSPS) is 19.0. The van der Waals surface area contributed by atoms with E-state index in [2.05, 4.69) is 27.7 Å². The minimum atomic E-state index is -0.631. The maximum atomic E-state index is 11.9. The molecule has 0 aromatic carbocycles. The average molecular weight is 429 g/mol. The van der Waals surface area contributed by atoms with Gasteiger partial charge in [-0.3, -0.25) is 0 Å². The summed E-state index contributed by atoms with van der Waals surface area (Å²) < 4.78 is 21.1. The van der Waals surface area contributed by atoms with Gasteiger partial charge in [-0.15, -0.1) is 0 Å². The molecule has 0 radical (unpaired) electrons. The van der Waals surface area contributed by atoms with Crippen LogP contribution in [0.3, 0.4) is 0 Å². The van der Waals surface area contributed by atoms with Gasteiger partial charge < -0.3 is 18.9 Å². The molecule has 2 atom stereocenters. The summed E-state index contributed by atoms with van der Waals surface area (Å²) >= 11 is 0. The first-order valence-corrected chi connectivity index (χ1v) is 12.0. The molecule has 1 rings (SSSR count). The van der Waals surface area contributed by atoms with Crippen LogP contribution in [0.5, 0.6) is 0 Å². The quantitative estimate of drug-likeness (QED) is 0.218. The highest BCUT2D eigenvalue weighted by molar-refractivity contribution is 5.60. The number of carbonyl (C=O) groups excluding carboxylic acids is 2. The van der Waals surface area contributed by atoms with E-state index in [4.69, 9.17) is 18.9 Å². The van der Waals surface area contributed by atoms with Crippen LogP contribution < -0.4 is 0 Å². The van der Waals surface area contributed by atoms with Crippen LogP contribution in [-0.2, 0) is 18.9 Å². The molecule has 0 aliphatic heterocycles. The number of ether oxygens (including phenoxy) is 4. The molecule has 1 aliphatic rings. The lowest BCUT2D eigenvalue weighted by Crippen LogP contribution is -2.32. The molecule has 6 heteroatoms. The maximum absolute atomic E-state index is 11.9. The van der Waals surface area contributed by atoms with Gasteiger partial charge in [-0.05, 0) is 43.9 Å². The first-order valence-electron chi connectivity index (χ1n) is 12.0. The lowest BCUT2D eigenvalue weighted by molar-refractivity contribution is -0.0353. The third-order valence-corrected chi connectivity index (χ3v) is 5.41. The van der Waals surface area contributed by atoms with E-state index in [-0.39, 0.29) is 12.2 Å². The first kappa shape index (κ1) is 26.6. The van der Waals surface area contributed by atoms with Crippen molar-refractivity contribution in [2.75, 3.05) is 13.2 Å². The van der Waals surface area contributed by atoms with E-state index in [0.717, 1.165) is 44.4 Å². The van der Waals surface area contributed by atoms with Gasteiger partial charge in [-0.1, -0.05) is 66.2 Å². The molecule has 2 unspecified atom stereocenters. The minimum absolute atomic E-state index is 0.263. The van der Waals surface area contributed by atoms with Crippen molar-refractivity contribution in [2.24, 2.45) is 11.8 Å². The maximum Gasteiger partial charge on any atom is 0.508 e. The largest absolute Gasteiger partial charge is 0.508 e. The van der Waals surface area contributed by atoms with Crippen molar-refractivity contribution in [3.05, 3.63) is 0 Å². The van der Waals surface area contributed by atoms with Crippen molar-refractivity contribution < 1.29 is 28.5 Å². The topological polar surface area (TPSA) is 71.1 Å². The van der Waals surface area contributed by atoms with Crippen LogP contribution in [0.1, 0.15) is 105 Å². The van der Waals surface area contributed by atoms with Gasteiger partial charge in [-0.2, -0.15) is 0 Å². The minimum Gasteiger partial charge on any atom is -0.434 e.